The predicted molar refractivity (Wildman–Crippen MR) is 75.3 cm³/mol. The highest BCUT2D eigenvalue weighted by molar-refractivity contribution is 5.40. The van der Waals surface area contributed by atoms with Gasteiger partial charge in [0.2, 0.25) is 0 Å². The van der Waals surface area contributed by atoms with E-state index in [-0.39, 0.29) is 0 Å². The van der Waals surface area contributed by atoms with Crippen molar-refractivity contribution in [3.8, 4) is 11.5 Å². The first-order valence-corrected chi connectivity index (χ1v) is 6.31. The Hall–Kier alpha value is -1.48. The summed E-state index contributed by atoms with van der Waals surface area (Å²) in [5, 5.41) is 3.31. The molecule has 100 valence electrons. The summed E-state index contributed by atoms with van der Waals surface area (Å²) in [6.07, 6.45) is 2.07. The lowest BCUT2D eigenvalue weighted by Gasteiger charge is -2.12. The summed E-state index contributed by atoms with van der Waals surface area (Å²) in [5.74, 6) is 1.70. The van der Waals surface area contributed by atoms with Crippen LogP contribution in [0.1, 0.15) is 26.3 Å². The number of benzene rings is 1. The van der Waals surface area contributed by atoms with Crippen LogP contribution in [0.4, 0.5) is 0 Å². The van der Waals surface area contributed by atoms with Crippen LogP contribution >= 0.6 is 0 Å². The molecule has 1 aromatic carbocycles. The molecule has 0 aliphatic rings. The van der Waals surface area contributed by atoms with E-state index >= 15 is 0 Å². The van der Waals surface area contributed by atoms with Gasteiger partial charge in [0, 0.05) is 18.2 Å². The number of methoxy groups -OCH3 is 1. The molecule has 0 atom stereocenters. The van der Waals surface area contributed by atoms with Gasteiger partial charge in [0.05, 0.1) is 7.11 Å². The topological polar surface area (TPSA) is 30.5 Å². The van der Waals surface area contributed by atoms with E-state index in [0.717, 1.165) is 30.2 Å². The van der Waals surface area contributed by atoms with Crippen LogP contribution in [0.15, 0.2) is 29.8 Å². The van der Waals surface area contributed by atoms with Crippen LogP contribution in [0.2, 0.25) is 0 Å². The number of allylic oxidation sites excluding steroid dienone is 1. The molecular formula is C15H23NO2. The molecule has 0 aliphatic heterocycles. The third kappa shape index (κ3) is 4.80. The molecule has 1 N–H and O–H groups in total. The van der Waals surface area contributed by atoms with E-state index in [1.807, 2.05) is 18.2 Å². The molecule has 3 heteroatoms. The summed E-state index contributed by atoms with van der Waals surface area (Å²) < 4.78 is 11.0. The summed E-state index contributed by atoms with van der Waals surface area (Å²) in [4.78, 5) is 0. The molecule has 0 aromatic heterocycles. The molecule has 0 bridgehead atoms. The molecule has 0 aliphatic carbocycles. The SMILES string of the molecule is CCNCc1ccc(OC)cc1OCC=C(C)C. The standard InChI is InChI=1S/C15H23NO2/c1-5-16-11-13-6-7-14(17-4)10-15(13)18-9-8-12(2)3/h6-8,10,16H,5,9,11H2,1-4H3. The minimum Gasteiger partial charge on any atom is -0.497 e. The first kappa shape index (κ1) is 14.6. The highest BCUT2D eigenvalue weighted by Gasteiger charge is 2.05. The number of rotatable bonds is 7. The van der Waals surface area contributed by atoms with Crippen molar-refractivity contribution >= 4 is 0 Å². The van der Waals surface area contributed by atoms with Crippen molar-refractivity contribution in [1.82, 2.24) is 5.32 Å². The lowest BCUT2D eigenvalue weighted by Crippen LogP contribution is -2.13. The van der Waals surface area contributed by atoms with E-state index in [0.29, 0.717) is 6.61 Å². The van der Waals surface area contributed by atoms with Crippen molar-refractivity contribution in [2.45, 2.75) is 27.3 Å². The first-order chi connectivity index (χ1) is 8.67. The van der Waals surface area contributed by atoms with Crippen LogP contribution in [0.5, 0.6) is 11.5 Å². The van der Waals surface area contributed by atoms with Crippen LogP contribution < -0.4 is 14.8 Å². The van der Waals surface area contributed by atoms with Gasteiger partial charge in [-0.15, -0.1) is 0 Å². The Morgan fingerprint density at radius 2 is 2.11 bits per heavy atom. The van der Waals surface area contributed by atoms with Crippen molar-refractivity contribution in [2.24, 2.45) is 0 Å². The number of hydrogen-bond donors (Lipinski definition) is 1. The average molecular weight is 249 g/mol. The third-order valence-corrected chi connectivity index (χ3v) is 2.57. The Labute approximate surface area is 110 Å². The maximum absolute atomic E-state index is 5.79. The highest BCUT2D eigenvalue weighted by atomic mass is 16.5. The van der Waals surface area contributed by atoms with Crippen LogP contribution in [0.3, 0.4) is 0 Å². The quantitative estimate of drug-likeness (QED) is 0.753. The first-order valence-electron chi connectivity index (χ1n) is 6.31. The van der Waals surface area contributed by atoms with Gasteiger partial charge < -0.3 is 14.8 Å². The highest BCUT2D eigenvalue weighted by Crippen LogP contribution is 2.24. The van der Waals surface area contributed by atoms with Gasteiger partial charge >= 0.3 is 0 Å². The van der Waals surface area contributed by atoms with Crippen molar-refractivity contribution in [1.29, 1.82) is 0 Å². The Kier molecular flexibility index (Phi) is 6.29. The second-order valence-corrected chi connectivity index (χ2v) is 4.35. The molecule has 0 saturated carbocycles. The summed E-state index contributed by atoms with van der Waals surface area (Å²) in [6, 6.07) is 5.94. The fourth-order valence-electron chi connectivity index (χ4n) is 1.50. The lowest BCUT2D eigenvalue weighted by molar-refractivity contribution is 0.351. The number of ether oxygens (including phenoxy) is 2. The van der Waals surface area contributed by atoms with Crippen LogP contribution in [-0.2, 0) is 6.54 Å². The third-order valence-electron chi connectivity index (χ3n) is 2.57. The van der Waals surface area contributed by atoms with E-state index in [9.17, 15) is 0 Å². The lowest BCUT2D eigenvalue weighted by atomic mass is 10.2. The van der Waals surface area contributed by atoms with Crippen molar-refractivity contribution in [3.63, 3.8) is 0 Å². The van der Waals surface area contributed by atoms with E-state index in [4.69, 9.17) is 9.47 Å². The average Bonchev–Trinajstić information content (AvgIpc) is 2.36. The summed E-state index contributed by atoms with van der Waals surface area (Å²) >= 11 is 0. The second-order valence-electron chi connectivity index (χ2n) is 4.35. The van der Waals surface area contributed by atoms with Crippen LogP contribution in [-0.4, -0.2) is 20.3 Å². The van der Waals surface area contributed by atoms with Crippen LogP contribution in [0, 0.1) is 0 Å². The Bertz CT molecular complexity index is 395. The molecular weight excluding hydrogens is 226 g/mol. The Morgan fingerprint density at radius 3 is 2.72 bits per heavy atom. The number of hydrogen-bond acceptors (Lipinski definition) is 3. The fraction of sp³-hybridized carbons (Fsp3) is 0.467. The molecule has 0 spiro atoms. The van der Waals surface area contributed by atoms with E-state index < -0.39 is 0 Å². The van der Waals surface area contributed by atoms with Gasteiger partial charge in [0.15, 0.2) is 0 Å². The minimum absolute atomic E-state index is 0.592. The normalized spacial score (nSPS) is 10.0. The molecule has 0 radical (unpaired) electrons. The van der Waals surface area contributed by atoms with E-state index in [2.05, 4.69) is 32.2 Å². The zero-order valence-corrected chi connectivity index (χ0v) is 11.7. The minimum atomic E-state index is 0.592. The molecule has 0 heterocycles. The monoisotopic (exact) mass is 249 g/mol. The molecule has 1 aromatic rings. The van der Waals surface area contributed by atoms with Gasteiger partial charge in [-0.3, -0.25) is 0 Å². The molecule has 0 fully saturated rings. The fourth-order valence-corrected chi connectivity index (χ4v) is 1.50. The van der Waals surface area contributed by atoms with Gasteiger partial charge in [-0.05, 0) is 32.5 Å². The summed E-state index contributed by atoms with van der Waals surface area (Å²) in [5.41, 5.74) is 2.41. The summed E-state index contributed by atoms with van der Waals surface area (Å²) in [6.45, 7) is 8.56. The van der Waals surface area contributed by atoms with Crippen molar-refractivity contribution in [3.05, 3.63) is 35.4 Å². The van der Waals surface area contributed by atoms with Crippen LogP contribution in [0.25, 0.3) is 0 Å². The van der Waals surface area contributed by atoms with Crippen molar-refractivity contribution < 1.29 is 9.47 Å². The van der Waals surface area contributed by atoms with Gasteiger partial charge in [-0.1, -0.05) is 18.6 Å². The molecule has 1 rings (SSSR count). The zero-order chi connectivity index (χ0) is 13.4. The van der Waals surface area contributed by atoms with Gasteiger partial charge in [-0.2, -0.15) is 0 Å². The van der Waals surface area contributed by atoms with Gasteiger partial charge in [0.1, 0.15) is 18.1 Å². The van der Waals surface area contributed by atoms with Crippen molar-refractivity contribution in [2.75, 3.05) is 20.3 Å². The maximum Gasteiger partial charge on any atom is 0.127 e. The molecule has 3 nitrogen and oxygen atoms in total. The Morgan fingerprint density at radius 1 is 1.33 bits per heavy atom. The summed E-state index contributed by atoms with van der Waals surface area (Å²) in [7, 11) is 1.67. The molecule has 0 saturated heterocycles. The molecule has 0 amide bonds. The zero-order valence-electron chi connectivity index (χ0n) is 11.7. The smallest absolute Gasteiger partial charge is 0.127 e. The molecule has 0 unspecified atom stereocenters. The second kappa shape index (κ2) is 7.77. The largest absolute Gasteiger partial charge is 0.497 e. The van der Waals surface area contributed by atoms with E-state index in [1.54, 1.807) is 7.11 Å². The predicted octanol–water partition coefficient (Wildman–Crippen LogP) is 3.15. The maximum atomic E-state index is 5.79. The van der Waals surface area contributed by atoms with E-state index in [1.165, 1.54) is 5.57 Å². The van der Waals surface area contributed by atoms with Gasteiger partial charge in [0.25, 0.3) is 0 Å². The van der Waals surface area contributed by atoms with Gasteiger partial charge in [-0.25, -0.2) is 0 Å². The Balaban J connectivity index is 2.78. The molecule has 18 heavy (non-hydrogen) atoms. The number of nitrogens with one attached hydrogen (secondary N) is 1.